The molecule has 1 amide bonds. The minimum absolute atomic E-state index is 0.0123. The van der Waals surface area contributed by atoms with Gasteiger partial charge in [-0.25, -0.2) is 4.99 Å². The molecule has 0 saturated carbocycles. The third kappa shape index (κ3) is 6.36. The highest BCUT2D eigenvalue weighted by atomic mass is 32.1. The number of carbonyl (C=O) groups excluding carboxylic acids is 1. The van der Waals surface area contributed by atoms with E-state index in [-0.39, 0.29) is 17.2 Å². The van der Waals surface area contributed by atoms with Crippen LogP contribution in [0, 0.1) is 0 Å². The van der Waals surface area contributed by atoms with E-state index in [1.807, 2.05) is 79.7 Å². The van der Waals surface area contributed by atoms with Crippen molar-refractivity contribution >= 4 is 40.4 Å². The first-order valence-corrected chi connectivity index (χ1v) is 15.1. The van der Waals surface area contributed by atoms with E-state index in [1.165, 1.54) is 22.0 Å². The van der Waals surface area contributed by atoms with Crippen LogP contribution in [0.4, 0.5) is 17.1 Å². The molecule has 0 spiro atoms. The molecule has 0 bridgehead atoms. The number of phenols is 1. The Hall–Kier alpha value is -5.61. The molecule has 45 heavy (non-hydrogen) atoms. The number of nitrogens with zero attached hydrogens (tertiary/aromatic N) is 4. The van der Waals surface area contributed by atoms with Crippen LogP contribution in [0.25, 0.3) is 6.08 Å². The van der Waals surface area contributed by atoms with Gasteiger partial charge in [-0.2, -0.15) is 10.2 Å². The number of benzene rings is 4. The molecule has 1 aliphatic rings. The van der Waals surface area contributed by atoms with Gasteiger partial charge in [0.1, 0.15) is 11.5 Å². The number of allylic oxidation sites excluding steroid dienone is 1. The van der Waals surface area contributed by atoms with Crippen LogP contribution in [0.1, 0.15) is 31.0 Å². The highest BCUT2D eigenvalue weighted by Crippen LogP contribution is 2.32. The average molecular weight is 616 g/mol. The number of para-hydroxylation sites is 1. The van der Waals surface area contributed by atoms with Gasteiger partial charge >= 0.3 is 0 Å². The Bertz CT molecular complexity index is 2100. The van der Waals surface area contributed by atoms with Crippen molar-refractivity contribution in [3.63, 3.8) is 0 Å². The summed E-state index contributed by atoms with van der Waals surface area (Å²) in [6.07, 6.45) is 1.61. The first-order chi connectivity index (χ1) is 21.9. The van der Waals surface area contributed by atoms with E-state index in [0.717, 1.165) is 5.56 Å². The Balaban J connectivity index is 1.44. The van der Waals surface area contributed by atoms with E-state index in [9.17, 15) is 14.7 Å². The maximum Gasteiger partial charge on any atom is 0.271 e. The zero-order valence-electron chi connectivity index (χ0n) is 24.5. The number of thiazole rings is 1. The lowest BCUT2D eigenvalue weighted by Gasteiger charge is -2.25. The Morgan fingerprint density at radius 1 is 0.978 bits per heavy atom. The van der Waals surface area contributed by atoms with Crippen LogP contribution in [0.3, 0.4) is 0 Å². The van der Waals surface area contributed by atoms with Crippen molar-refractivity contribution in [3.05, 3.63) is 145 Å². The molecule has 5 aromatic rings. The molecule has 0 aliphatic carbocycles. The summed E-state index contributed by atoms with van der Waals surface area (Å²) in [6.45, 7) is 4.19. The predicted molar refractivity (Wildman–Crippen MR) is 175 cm³/mol. The summed E-state index contributed by atoms with van der Waals surface area (Å²) in [5, 5.41) is 22.2. The number of aromatic nitrogens is 1. The van der Waals surface area contributed by atoms with Crippen LogP contribution in [-0.2, 0) is 4.79 Å². The normalized spacial score (nSPS) is 14.7. The van der Waals surface area contributed by atoms with Crippen LogP contribution >= 0.6 is 11.3 Å². The second kappa shape index (κ2) is 12.9. The fourth-order valence-electron chi connectivity index (χ4n) is 5.03. The van der Waals surface area contributed by atoms with Crippen molar-refractivity contribution < 1.29 is 14.6 Å². The number of rotatable bonds is 8. The zero-order valence-corrected chi connectivity index (χ0v) is 25.4. The number of anilines is 1. The number of hydrogen-bond donors (Lipinski definition) is 2. The molecule has 0 unspecified atom stereocenters. The lowest BCUT2D eigenvalue weighted by Crippen LogP contribution is -2.40. The van der Waals surface area contributed by atoms with E-state index in [4.69, 9.17) is 9.73 Å². The van der Waals surface area contributed by atoms with E-state index < -0.39 is 6.04 Å². The van der Waals surface area contributed by atoms with Gasteiger partial charge < -0.3 is 15.2 Å². The summed E-state index contributed by atoms with van der Waals surface area (Å²) < 4.78 is 7.51. The lowest BCUT2D eigenvalue weighted by molar-refractivity contribution is -0.113. The van der Waals surface area contributed by atoms with Gasteiger partial charge in [-0.15, -0.1) is 0 Å². The molecule has 9 nitrogen and oxygen atoms in total. The van der Waals surface area contributed by atoms with E-state index in [0.29, 0.717) is 55.6 Å². The van der Waals surface area contributed by atoms with Crippen molar-refractivity contribution in [2.75, 3.05) is 11.9 Å². The maximum atomic E-state index is 14.1. The number of fused-ring (bicyclic) bond motifs is 1. The minimum Gasteiger partial charge on any atom is -0.507 e. The van der Waals surface area contributed by atoms with Gasteiger partial charge in [0.25, 0.3) is 11.5 Å². The second-order valence-corrected chi connectivity index (χ2v) is 11.2. The summed E-state index contributed by atoms with van der Waals surface area (Å²) >= 11 is 1.19. The fraction of sp³-hybridized carbons (Fsp3) is 0.114. The van der Waals surface area contributed by atoms with Crippen LogP contribution in [-0.4, -0.2) is 22.2 Å². The molecule has 10 heteroatoms. The molecule has 4 aromatic carbocycles. The first-order valence-electron chi connectivity index (χ1n) is 14.3. The summed E-state index contributed by atoms with van der Waals surface area (Å²) in [5.74, 6) is 0.316. The summed E-state index contributed by atoms with van der Waals surface area (Å²) in [6, 6.07) is 29.9. The minimum atomic E-state index is -0.748. The van der Waals surface area contributed by atoms with Crippen LogP contribution in [0.5, 0.6) is 11.5 Å². The second-order valence-electron chi connectivity index (χ2n) is 10.2. The van der Waals surface area contributed by atoms with Crippen LogP contribution in [0.15, 0.2) is 134 Å². The third-order valence-electron chi connectivity index (χ3n) is 7.14. The predicted octanol–water partition coefficient (Wildman–Crippen LogP) is 6.39. The number of carbonyl (C=O) groups is 1. The maximum absolute atomic E-state index is 14.1. The van der Waals surface area contributed by atoms with Crippen molar-refractivity contribution in [2.24, 2.45) is 15.2 Å². The fourth-order valence-corrected chi connectivity index (χ4v) is 6.07. The molecular formula is C35H29N5O4S. The molecule has 0 radical (unpaired) electrons. The van der Waals surface area contributed by atoms with Gasteiger partial charge in [0.2, 0.25) is 0 Å². The standard InChI is InChI=1S/C35H29N5O4S/c1-3-44-28-17-14-23(15-18-28)32-31(33(42)37-25-10-6-4-7-11-25)22(2)36-35-40(32)34(43)30(45-35)21-24-20-27(16-19-29(24)41)39-38-26-12-8-5-9-13-26/h4-21,32,41H,3H2,1-2H3,(H,37,42)/b30-21-,39-38?/t32-/m1/s1. The number of aromatic hydroxyl groups is 1. The largest absolute Gasteiger partial charge is 0.507 e. The SMILES string of the molecule is CCOc1ccc([C@@H]2C(C(=O)Nc3ccccc3)=C(C)N=c3s/c(=C\c4cc(N=Nc5ccccc5)ccc4O)c(=O)n32)cc1. The molecule has 0 fully saturated rings. The van der Waals surface area contributed by atoms with E-state index in [1.54, 1.807) is 37.3 Å². The molecule has 1 aliphatic heterocycles. The molecule has 2 N–H and O–H groups in total. The van der Waals surface area contributed by atoms with Crippen molar-refractivity contribution in [1.29, 1.82) is 0 Å². The van der Waals surface area contributed by atoms with E-state index in [2.05, 4.69) is 15.5 Å². The van der Waals surface area contributed by atoms with Gasteiger partial charge in [0, 0.05) is 11.3 Å². The average Bonchev–Trinajstić information content (AvgIpc) is 3.36. The van der Waals surface area contributed by atoms with Gasteiger partial charge in [0.05, 0.1) is 39.8 Å². The van der Waals surface area contributed by atoms with Crippen LogP contribution in [0.2, 0.25) is 0 Å². The highest BCUT2D eigenvalue weighted by Gasteiger charge is 2.32. The highest BCUT2D eigenvalue weighted by molar-refractivity contribution is 7.07. The molecule has 0 saturated heterocycles. The van der Waals surface area contributed by atoms with Gasteiger partial charge in [-0.3, -0.25) is 14.2 Å². The Labute approximate surface area is 262 Å². The van der Waals surface area contributed by atoms with Crippen LogP contribution < -0.4 is 24.9 Å². The number of azo groups is 1. The number of phenolic OH excluding ortho intramolecular Hbond substituents is 1. The molecule has 224 valence electrons. The van der Waals surface area contributed by atoms with Crippen molar-refractivity contribution in [2.45, 2.75) is 19.9 Å². The first kappa shape index (κ1) is 29.5. The summed E-state index contributed by atoms with van der Waals surface area (Å²) in [5.41, 5.74) is 3.48. The Kier molecular flexibility index (Phi) is 8.47. The topological polar surface area (TPSA) is 118 Å². The zero-order chi connectivity index (χ0) is 31.3. The third-order valence-corrected chi connectivity index (χ3v) is 8.12. The number of ether oxygens (including phenoxy) is 1. The van der Waals surface area contributed by atoms with Crippen molar-refractivity contribution in [3.8, 4) is 11.5 Å². The Morgan fingerprint density at radius 2 is 1.67 bits per heavy atom. The molecule has 1 aromatic heterocycles. The van der Waals surface area contributed by atoms with Gasteiger partial charge in [-0.05, 0) is 80.1 Å². The summed E-state index contributed by atoms with van der Waals surface area (Å²) in [7, 11) is 0. The smallest absolute Gasteiger partial charge is 0.271 e. The Morgan fingerprint density at radius 3 is 2.38 bits per heavy atom. The monoisotopic (exact) mass is 615 g/mol. The molecule has 1 atom stereocenters. The lowest BCUT2D eigenvalue weighted by atomic mass is 9.95. The quantitative estimate of drug-likeness (QED) is 0.197. The molecule has 2 heterocycles. The van der Waals surface area contributed by atoms with Gasteiger partial charge in [-0.1, -0.05) is 59.9 Å². The molecular weight excluding hydrogens is 586 g/mol. The van der Waals surface area contributed by atoms with Crippen molar-refractivity contribution in [1.82, 2.24) is 4.57 Å². The van der Waals surface area contributed by atoms with Gasteiger partial charge in [0.15, 0.2) is 4.80 Å². The summed E-state index contributed by atoms with van der Waals surface area (Å²) in [4.78, 5) is 33.0. The number of amides is 1. The molecule has 6 rings (SSSR count). The number of hydrogen-bond acceptors (Lipinski definition) is 8. The number of nitrogens with one attached hydrogen (secondary N) is 1. The van der Waals surface area contributed by atoms with E-state index >= 15 is 0 Å².